The average molecular weight is 737 g/mol. The van der Waals surface area contributed by atoms with E-state index in [1.54, 1.807) is 48.5 Å². The van der Waals surface area contributed by atoms with Crippen molar-refractivity contribution in [2.24, 2.45) is 5.10 Å². The smallest absolute Gasteiger partial charge is 0.343 e. The molecule has 0 aliphatic carbocycles. The Labute approximate surface area is 235 Å². The highest BCUT2D eigenvalue weighted by Gasteiger charge is 2.19. The first-order chi connectivity index (χ1) is 16.8. The summed E-state index contributed by atoms with van der Waals surface area (Å²) in [6.07, 6.45) is 1.36. The Bertz CT molecular complexity index is 1340. The minimum absolute atomic E-state index is 0.0996. The largest absolute Gasteiger partial charge is 0.483 e. The molecule has 1 aliphatic rings. The molecule has 180 valence electrons. The van der Waals surface area contributed by atoms with Crippen LogP contribution in [0.2, 0.25) is 5.02 Å². The van der Waals surface area contributed by atoms with Crippen LogP contribution in [0.4, 0.5) is 0 Å². The number of ether oxygens (including phenoxy) is 4. The molecular formula is C23H14Br2ClIN2O6. The van der Waals surface area contributed by atoms with Gasteiger partial charge in [0.05, 0.1) is 19.8 Å². The van der Waals surface area contributed by atoms with E-state index in [9.17, 15) is 9.59 Å². The van der Waals surface area contributed by atoms with Gasteiger partial charge in [-0.15, -0.1) is 0 Å². The third-order valence-electron chi connectivity index (χ3n) is 4.49. The van der Waals surface area contributed by atoms with Crippen LogP contribution >= 0.6 is 66.1 Å². The van der Waals surface area contributed by atoms with E-state index in [0.29, 0.717) is 36.8 Å². The highest BCUT2D eigenvalue weighted by molar-refractivity contribution is 14.1. The molecule has 0 spiro atoms. The maximum absolute atomic E-state index is 12.8. The lowest BCUT2D eigenvalue weighted by molar-refractivity contribution is -0.123. The number of carbonyl (C=O) groups excluding carboxylic acids is 2. The molecule has 0 bridgehead atoms. The minimum Gasteiger partial charge on any atom is -0.483 e. The van der Waals surface area contributed by atoms with Crippen molar-refractivity contribution in [1.29, 1.82) is 0 Å². The zero-order chi connectivity index (χ0) is 24.9. The van der Waals surface area contributed by atoms with Crippen LogP contribution in [0.1, 0.15) is 15.9 Å². The Morgan fingerprint density at radius 1 is 1.11 bits per heavy atom. The van der Waals surface area contributed by atoms with E-state index in [0.717, 1.165) is 3.57 Å². The van der Waals surface area contributed by atoms with Gasteiger partial charge in [0, 0.05) is 15.1 Å². The van der Waals surface area contributed by atoms with E-state index < -0.39 is 11.9 Å². The number of hydrogen-bond acceptors (Lipinski definition) is 7. The predicted molar refractivity (Wildman–Crippen MR) is 145 cm³/mol. The summed E-state index contributed by atoms with van der Waals surface area (Å²) < 4.78 is 23.7. The molecular weight excluding hydrogens is 722 g/mol. The molecule has 3 aromatic rings. The summed E-state index contributed by atoms with van der Waals surface area (Å²) in [5.41, 5.74) is 3.11. The quantitative estimate of drug-likeness (QED) is 0.106. The van der Waals surface area contributed by atoms with Crippen molar-refractivity contribution in [3.63, 3.8) is 0 Å². The highest BCUT2D eigenvalue weighted by atomic mass is 127. The summed E-state index contributed by atoms with van der Waals surface area (Å²) in [5.74, 6) is 0.707. The van der Waals surface area contributed by atoms with Gasteiger partial charge in [0.15, 0.2) is 23.9 Å². The Kier molecular flexibility index (Phi) is 8.52. The van der Waals surface area contributed by atoms with E-state index in [2.05, 4.69) is 65.0 Å². The van der Waals surface area contributed by atoms with Crippen molar-refractivity contribution >= 4 is 84.1 Å². The molecule has 35 heavy (non-hydrogen) atoms. The van der Waals surface area contributed by atoms with Gasteiger partial charge in [-0.1, -0.05) is 27.5 Å². The summed E-state index contributed by atoms with van der Waals surface area (Å²) in [6, 6.07) is 13.3. The third kappa shape index (κ3) is 6.66. The van der Waals surface area contributed by atoms with Gasteiger partial charge in [-0.3, -0.25) is 4.79 Å². The molecule has 1 aliphatic heterocycles. The Balaban J connectivity index is 1.42. The predicted octanol–water partition coefficient (Wildman–Crippen LogP) is 5.95. The van der Waals surface area contributed by atoms with Gasteiger partial charge in [-0.25, -0.2) is 10.2 Å². The van der Waals surface area contributed by atoms with Crippen LogP contribution in [0.5, 0.6) is 23.0 Å². The Hall–Kier alpha value is -2.35. The standard InChI is InChI=1S/C23H14Br2ClIN2O6/c24-14-5-13(9-28-29-21(30)10-32-18-4-2-15(26)8-17(18)27)22(16(25)7-14)35-23(31)12-1-3-19-20(6-12)34-11-33-19/h1-9H,10-11H2,(H,29,30). The zero-order valence-electron chi connectivity index (χ0n) is 17.5. The van der Waals surface area contributed by atoms with E-state index in [1.807, 2.05) is 0 Å². The van der Waals surface area contributed by atoms with Gasteiger partial charge >= 0.3 is 5.97 Å². The van der Waals surface area contributed by atoms with Gasteiger partial charge in [0.1, 0.15) is 5.75 Å². The molecule has 0 radical (unpaired) electrons. The summed E-state index contributed by atoms with van der Waals surface area (Å²) in [6.45, 7) is -0.147. The number of nitrogens with zero attached hydrogens (tertiary/aromatic N) is 1. The first-order valence-electron chi connectivity index (χ1n) is 9.81. The second-order valence-electron chi connectivity index (χ2n) is 6.92. The van der Waals surface area contributed by atoms with Gasteiger partial charge in [-0.05, 0) is 87.1 Å². The van der Waals surface area contributed by atoms with Crippen molar-refractivity contribution < 1.29 is 28.5 Å². The molecule has 0 aromatic heterocycles. The lowest BCUT2D eigenvalue weighted by atomic mass is 10.2. The summed E-state index contributed by atoms with van der Waals surface area (Å²) >= 11 is 14.8. The summed E-state index contributed by atoms with van der Waals surface area (Å²) in [5, 5.41) is 4.54. The van der Waals surface area contributed by atoms with Crippen LogP contribution in [0.25, 0.3) is 0 Å². The van der Waals surface area contributed by atoms with Crippen molar-refractivity contribution in [2.75, 3.05) is 13.4 Å². The van der Waals surface area contributed by atoms with E-state index in [4.69, 9.17) is 30.5 Å². The number of carbonyl (C=O) groups is 2. The number of rotatable bonds is 7. The zero-order valence-corrected chi connectivity index (χ0v) is 23.6. The number of fused-ring (bicyclic) bond motifs is 1. The molecule has 0 saturated carbocycles. The minimum atomic E-state index is -0.601. The number of nitrogens with one attached hydrogen (secondary N) is 1. The molecule has 4 rings (SSSR count). The van der Waals surface area contributed by atoms with E-state index in [1.165, 1.54) is 6.21 Å². The molecule has 1 heterocycles. The number of amides is 1. The fourth-order valence-electron chi connectivity index (χ4n) is 2.90. The number of hydrazone groups is 1. The van der Waals surface area contributed by atoms with Crippen molar-refractivity contribution in [1.82, 2.24) is 5.43 Å². The van der Waals surface area contributed by atoms with Crippen LogP contribution in [0, 0.1) is 3.57 Å². The molecule has 12 heteroatoms. The number of halogens is 4. The molecule has 8 nitrogen and oxygen atoms in total. The summed E-state index contributed by atoms with van der Waals surface area (Å²) in [4.78, 5) is 24.9. The van der Waals surface area contributed by atoms with Crippen LogP contribution in [0.3, 0.4) is 0 Å². The van der Waals surface area contributed by atoms with Gasteiger partial charge < -0.3 is 18.9 Å². The van der Waals surface area contributed by atoms with Gasteiger partial charge in [-0.2, -0.15) is 5.10 Å². The topological polar surface area (TPSA) is 95.5 Å². The van der Waals surface area contributed by atoms with Crippen LogP contribution < -0.4 is 24.4 Å². The van der Waals surface area contributed by atoms with Crippen molar-refractivity contribution in [3.05, 3.63) is 77.2 Å². The maximum atomic E-state index is 12.8. The fraction of sp³-hybridized carbons (Fsp3) is 0.0870. The molecule has 0 unspecified atom stereocenters. The van der Waals surface area contributed by atoms with Crippen molar-refractivity contribution in [3.8, 4) is 23.0 Å². The van der Waals surface area contributed by atoms with E-state index in [-0.39, 0.29) is 24.7 Å². The Morgan fingerprint density at radius 2 is 1.91 bits per heavy atom. The number of benzene rings is 3. The molecule has 1 N–H and O–H groups in total. The lowest BCUT2D eigenvalue weighted by Crippen LogP contribution is -2.24. The van der Waals surface area contributed by atoms with Gasteiger partial charge in [0.2, 0.25) is 6.79 Å². The Morgan fingerprint density at radius 3 is 2.71 bits per heavy atom. The summed E-state index contributed by atoms with van der Waals surface area (Å²) in [7, 11) is 0. The van der Waals surface area contributed by atoms with Gasteiger partial charge in [0.25, 0.3) is 5.91 Å². The number of hydrogen-bond donors (Lipinski definition) is 1. The third-order valence-corrected chi connectivity index (χ3v) is 6.61. The SMILES string of the molecule is O=C(COc1ccc(Cl)cc1I)NN=Cc1cc(Br)cc(Br)c1OC(=O)c1ccc2c(c1)OCO2. The number of esters is 1. The van der Waals surface area contributed by atoms with Crippen LogP contribution in [0.15, 0.2) is 62.6 Å². The van der Waals surface area contributed by atoms with E-state index >= 15 is 0 Å². The first-order valence-corrected chi connectivity index (χ1v) is 12.8. The average Bonchev–Trinajstić information content (AvgIpc) is 3.28. The van der Waals surface area contributed by atoms with Crippen LogP contribution in [-0.4, -0.2) is 31.5 Å². The molecule has 0 fully saturated rings. The second-order valence-corrected chi connectivity index (χ2v) is 10.3. The molecule has 3 aromatic carbocycles. The first kappa shape index (κ1) is 25.7. The second kappa shape index (κ2) is 11.6. The lowest BCUT2D eigenvalue weighted by Gasteiger charge is -2.11. The molecule has 1 amide bonds. The fourth-order valence-corrected chi connectivity index (χ4v) is 5.27. The van der Waals surface area contributed by atoms with Crippen LogP contribution in [-0.2, 0) is 4.79 Å². The molecule has 0 atom stereocenters. The molecule has 0 saturated heterocycles. The van der Waals surface area contributed by atoms with Crippen molar-refractivity contribution in [2.45, 2.75) is 0 Å². The normalized spacial score (nSPS) is 12.0. The maximum Gasteiger partial charge on any atom is 0.343 e. The highest BCUT2D eigenvalue weighted by Crippen LogP contribution is 2.35. The monoisotopic (exact) mass is 734 g/mol.